The summed E-state index contributed by atoms with van der Waals surface area (Å²) < 4.78 is 7.09. The van der Waals surface area contributed by atoms with E-state index in [4.69, 9.17) is 16.3 Å². The fraction of sp³-hybridized carbons (Fsp3) is 0.438. The van der Waals surface area contributed by atoms with Crippen LogP contribution in [0.25, 0.3) is 0 Å². The highest BCUT2D eigenvalue weighted by molar-refractivity contribution is 7.99. The molecule has 1 saturated heterocycles. The Hall–Kier alpha value is -1.77. The predicted octanol–water partition coefficient (Wildman–Crippen LogP) is 1.81. The Morgan fingerprint density at radius 1 is 1.48 bits per heavy atom. The van der Waals surface area contributed by atoms with Crippen LogP contribution in [0.15, 0.2) is 34.2 Å². The molecule has 3 rings (SSSR count). The van der Waals surface area contributed by atoms with E-state index in [1.54, 1.807) is 6.07 Å². The van der Waals surface area contributed by atoms with Gasteiger partial charge in [-0.15, -0.1) is 5.10 Å². The average molecular weight is 383 g/mol. The van der Waals surface area contributed by atoms with Gasteiger partial charge in [-0.2, -0.15) is 0 Å². The summed E-state index contributed by atoms with van der Waals surface area (Å²) in [4.78, 5) is 23.9. The van der Waals surface area contributed by atoms with Crippen LogP contribution in [0.2, 0.25) is 5.02 Å². The number of hydrogen-bond acceptors (Lipinski definition) is 5. The number of hydrogen-bond donors (Lipinski definition) is 2. The minimum atomic E-state index is -0.283. The molecule has 0 unspecified atom stereocenters. The maximum atomic E-state index is 12.0. The van der Waals surface area contributed by atoms with Gasteiger partial charge in [-0.25, -0.2) is 9.89 Å². The normalized spacial score (nSPS) is 16.9. The minimum absolute atomic E-state index is 0.0312. The number of aromatic amines is 1. The number of amides is 1. The number of halogens is 1. The Labute approximate surface area is 154 Å². The van der Waals surface area contributed by atoms with Crippen LogP contribution < -0.4 is 11.0 Å². The summed E-state index contributed by atoms with van der Waals surface area (Å²) in [7, 11) is 0. The largest absolute Gasteiger partial charge is 0.376 e. The number of nitrogens with one attached hydrogen (secondary N) is 2. The summed E-state index contributed by atoms with van der Waals surface area (Å²) in [6.07, 6.45) is 1.97. The van der Waals surface area contributed by atoms with Crippen LogP contribution in [0, 0.1) is 0 Å². The molecule has 7 nitrogen and oxygen atoms in total. The first-order valence-corrected chi connectivity index (χ1v) is 9.39. The number of rotatable bonds is 7. The SMILES string of the molecule is O=C(CSc1n[nH]c(=O)n1C[C@H]1CCCO1)NCc1ccccc1Cl. The van der Waals surface area contributed by atoms with Crippen molar-refractivity contribution in [3.05, 3.63) is 45.3 Å². The van der Waals surface area contributed by atoms with Crippen molar-refractivity contribution in [3.8, 4) is 0 Å². The quantitative estimate of drug-likeness (QED) is 0.713. The second kappa shape index (κ2) is 8.55. The molecule has 1 atom stereocenters. The van der Waals surface area contributed by atoms with Crippen molar-refractivity contribution in [2.45, 2.75) is 37.2 Å². The number of H-pyrrole nitrogens is 1. The van der Waals surface area contributed by atoms with E-state index in [0.29, 0.717) is 23.3 Å². The average Bonchev–Trinajstić information content (AvgIpc) is 3.24. The zero-order chi connectivity index (χ0) is 17.6. The van der Waals surface area contributed by atoms with E-state index in [9.17, 15) is 9.59 Å². The summed E-state index contributed by atoms with van der Waals surface area (Å²) in [5.74, 6) is 0.0179. The number of carbonyl (C=O) groups excluding carboxylic acids is 1. The lowest BCUT2D eigenvalue weighted by atomic mass is 10.2. The smallest absolute Gasteiger partial charge is 0.344 e. The molecule has 1 amide bonds. The lowest BCUT2D eigenvalue weighted by Crippen LogP contribution is -2.26. The van der Waals surface area contributed by atoms with Crippen LogP contribution in [0.3, 0.4) is 0 Å². The summed E-state index contributed by atoms with van der Waals surface area (Å²) >= 11 is 7.28. The van der Waals surface area contributed by atoms with Crippen molar-refractivity contribution in [1.82, 2.24) is 20.1 Å². The molecule has 25 heavy (non-hydrogen) atoms. The van der Waals surface area contributed by atoms with Gasteiger partial charge in [0.05, 0.1) is 18.4 Å². The third-order valence-electron chi connectivity index (χ3n) is 3.90. The van der Waals surface area contributed by atoms with Gasteiger partial charge in [0.15, 0.2) is 5.16 Å². The molecule has 134 valence electrons. The number of carbonyl (C=O) groups is 1. The molecule has 0 bridgehead atoms. The van der Waals surface area contributed by atoms with E-state index in [1.165, 1.54) is 16.3 Å². The molecular weight excluding hydrogens is 364 g/mol. The standard InChI is InChI=1S/C16H19ClN4O3S/c17-13-6-2-1-4-11(13)8-18-14(22)10-25-16-20-19-15(23)21(16)9-12-5-3-7-24-12/h1-2,4,6,12H,3,5,7-10H2,(H,18,22)(H,19,23)/t12-/m1/s1. The summed E-state index contributed by atoms with van der Waals surface area (Å²) in [6, 6.07) is 7.36. The highest BCUT2D eigenvalue weighted by Gasteiger charge is 2.20. The van der Waals surface area contributed by atoms with Crippen LogP contribution in [-0.4, -0.2) is 39.1 Å². The number of aromatic nitrogens is 3. The molecule has 9 heteroatoms. The van der Waals surface area contributed by atoms with Crippen molar-refractivity contribution < 1.29 is 9.53 Å². The summed E-state index contributed by atoms with van der Waals surface area (Å²) in [5, 5.41) is 10.4. The van der Waals surface area contributed by atoms with Gasteiger partial charge in [-0.1, -0.05) is 41.6 Å². The second-order valence-corrected chi connectivity index (χ2v) is 7.06. The maximum absolute atomic E-state index is 12.0. The Morgan fingerprint density at radius 3 is 3.08 bits per heavy atom. The van der Waals surface area contributed by atoms with Crippen molar-refractivity contribution in [2.75, 3.05) is 12.4 Å². The lowest BCUT2D eigenvalue weighted by Gasteiger charge is -2.11. The van der Waals surface area contributed by atoms with Gasteiger partial charge in [0, 0.05) is 18.2 Å². The molecule has 2 heterocycles. The monoisotopic (exact) mass is 382 g/mol. The molecule has 1 aliphatic heterocycles. The first kappa shape index (κ1) is 18.0. The molecule has 1 aromatic heterocycles. The molecule has 0 spiro atoms. The first-order chi connectivity index (χ1) is 12.1. The maximum Gasteiger partial charge on any atom is 0.344 e. The Bertz CT molecular complexity index is 786. The van der Waals surface area contributed by atoms with E-state index >= 15 is 0 Å². The van der Waals surface area contributed by atoms with Gasteiger partial charge in [-0.05, 0) is 24.5 Å². The highest BCUT2D eigenvalue weighted by atomic mass is 35.5. The number of thioether (sulfide) groups is 1. The molecule has 1 aromatic carbocycles. The van der Waals surface area contributed by atoms with E-state index in [0.717, 1.165) is 25.0 Å². The molecule has 1 fully saturated rings. The van der Waals surface area contributed by atoms with E-state index in [2.05, 4.69) is 15.5 Å². The zero-order valence-corrected chi connectivity index (χ0v) is 15.1. The molecule has 1 aliphatic rings. The van der Waals surface area contributed by atoms with Gasteiger partial charge >= 0.3 is 5.69 Å². The molecule has 2 aromatic rings. The van der Waals surface area contributed by atoms with Crippen LogP contribution in [0.5, 0.6) is 0 Å². The summed E-state index contributed by atoms with van der Waals surface area (Å²) in [5.41, 5.74) is 0.576. The van der Waals surface area contributed by atoms with Gasteiger partial charge in [0.1, 0.15) is 0 Å². The van der Waals surface area contributed by atoms with Gasteiger partial charge in [0.25, 0.3) is 0 Å². The number of nitrogens with zero attached hydrogens (tertiary/aromatic N) is 2. The predicted molar refractivity (Wildman–Crippen MR) is 95.8 cm³/mol. The fourth-order valence-electron chi connectivity index (χ4n) is 2.58. The Morgan fingerprint density at radius 2 is 2.32 bits per heavy atom. The van der Waals surface area contributed by atoms with Crippen molar-refractivity contribution in [1.29, 1.82) is 0 Å². The van der Waals surface area contributed by atoms with Crippen molar-refractivity contribution in [2.24, 2.45) is 0 Å². The number of benzene rings is 1. The zero-order valence-electron chi connectivity index (χ0n) is 13.5. The minimum Gasteiger partial charge on any atom is -0.376 e. The lowest BCUT2D eigenvalue weighted by molar-refractivity contribution is -0.118. The van der Waals surface area contributed by atoms with Gasteiger partial charge in [-0.3, -0.25) is 9.36 Å². The van der Waals surface area contributed by atoms with Crippen LogP contribution in [0.1, 0.15) is 18.4 Å². The topological polar surface area (TPSA) is 89.0 Å². The molecular formula is C16H19ClN4O3S. The Balaban J connectivity index is 1.52. The fourth-order valence-corrected chi connectivity index (χ4v) is 3.57. The first-order valence-electron chi connectivity index (χ1n) is 8.03. The molecule has 0 saturated carbocycles. The molecule has 0 aliphatic carbocycles. The Kier molecular flexibility index (Phi) is 6.17. The van der Waals surface area contributed by atoms with Crippen molar-refractivity contribution >= 4 is 29.3 Å². The number of ether oxygens (including phenoxy) is 1. The molecule has 0 radical (unpaired) electrons. The third kappa shape index (κ3) is 4.87. The van der Waals surface area contributed by atoms with Crippen LogP contribution in [0.4, 0.5) is 0 Å². The van der Waals surface area contributed by atoms with Gasteiger partial charge < -0.3 is 10.1 Å². The van der Waals surface area contributed by atoms with Crippen LogP contribution >= 0.6 is 23.4 Å². The van der Waals surface area contributed by atoms with Crippen molar-refractivity contribution in [3.63, 3.8) is 0 Å². The van der Waals surface area contributed by atoms with E-state index < -0.39 is 0 Å². The molecule has 2 N–H and O–H groups in total. The van der Waals surface area contributed by atoms with Crippen LogP contribution in [-0.2, 0) is 22.6 Å². The van der Waals surface area contributed by atoms with Gasteiger partial charge in [0.2, 0.25) is 5.91 Å². The second-order valence-electron chi connectivity index (χ2n) is 5.71. The van der Waals surface area contributed by atoms with E-state index in [1.807, 2.05) is 18.2 Å². The summed E-state index contributed by atoms with van der Waals surface area (Å²) in [6.45, 7) is 1.55. The third-order valence-corrected chi connectivity index (χ3v) is 5.24. The highest BCUT2D eigenvalue weighted by Crippen LogP contribution is 2.18. The van der Waals surface area contributed by atoms with E-state index in [-0.39, 0.29) is 23.5 Å².